The summed E-state index contributed by atoms with van der Waals surface area (Å²) in [6.07, 6.45) is 1.79. The van der Waals surface area contributed by atoms with E-state index in [1.54, 1.807) is 19.1 Å². The summed E-state index contributed by atoms with van der Waals surface area (Å²) in [5.41, 5.74) is 14.2. The second-order valence-electron chi connectivity index (χ2n) is 11.1. The number of fused-ring (bicyclic) bond motifs is 1. The first-order valence-electron chi connectivity index (χ1n) is 14.5. The van der Waals surface area contributed by atoms with Crippen molar-refractivity contribution in [3.05, 3.63) is 60.4 Å². The van der Waals surface area contributed by atoms with E-state index in [0.717, 1.165) is 0 Å². The number of carbonyl (C=O) groups is 1. The van der Waals surface area contributed by atoms with Crippen molar-refractivity contribution < 1.29 is 24.9 Å². The average molecular weight is 599 g/mol. The van der Waals surface area contributed by atoms with Gasteiger partial charge in [-0.25, -0.2) is 10.9 Å². The number of Topliss-reactive ketones (excluding diaryl/α,β-unsaturated/α-hetero) is 1. The SMILES string of the molecule is CCNNc1c2c3c4c(c(OC)c(O)c5c(=O)cc(CO)c(c6c(CO)cc(NNCC)c(c1=O)c63)c54)C(C(C)=O)C(C)=C2. The van der Waals surface area contributed by atoms with Crippen LogP contribution in [0.5, 0.6) is 11.5 Å². The fourth-order valence-electron chi connectivity index (χ4n) is 7.03. The zero-order valence-electron chi connectivity index (χ0n) is 25.1. The minimum absolute atomic E-state index is 0.0126. The maximum absolute atomic E-state index is 14.5. The number of hydrogen-bond acceptors (Lipinski definition) is 11. The zero-order valence-corrected chi connectivity index (χ0v) is 25.1. The fraction of sp³-hybridized carbons (Fsp3) is 0.303. The Labute approximate surface area is 251 Å². The number of phenols is 1. The van der Waals surface area contributed by atoms with Gasteiger partial charge < -0.3 is 30.9 Å². The van der Waals surface area contributed by atoms with Crippen LogP contribution in [-0.4, -0.2) is 41.3 Å². The number of anilines is 2. The lowest BCUT2D eigenvalue weighted by Gasteiger charge is -2.26. The predicted molar refractivity (Wildman–Crippen MR) is 173 cm³/mol. The molecule has 1 atom stereocenters. The summed E-state index contributed by atoms with van der Waals surface area (Å²) in [4.78, 5) is 41.6. The van der Waals surface area contributed by atoms with E-state index < -0.39 is 30.3 Å². The first-order valence-corrected chi connectivity index (χ1v) is 14.5. The number of allylic oxidation sites excluding steroid dienone is 1. The van der Waals surface area contributed by atoms with Crippen LogP contribution in [-0.2, 0) is 18.0 Å². The molecule has 0 saturated carbocycles. The van der Waals surface area contributed by atoms with Crippen molar-refractivity contribution in [2.45, 2.75) is 46.8 Å². The summed E-state index contributed by atoms with van der Waals surface area (Å²) in [7, 11) is 1.37. The Morgan fingerprint density at radius 1 is 0.864 bits per heavy atom. The normalized spacial score (nSPS) is 14.6. The van der Waals surface area contributed by atoms with Crippen molar-refractivity contribution in [3.63, 3.8) is 0 Å². The molecule has 7 N–H and O–H groups in total. The van der Waals surface area contributed by atoms with Gasteiger partial charge in [-0.05, 0) is 53.3 Å². The molecule has 0 radical (unpaired) electrons. The van der Waals surface area contributed by atoms with Crippen molar-refractivity contribution in [2.75, 3.05) is 31.1 Å². The van der Waals surface area contributed by atoms with E-state index in [0.29, 0.717) is 78.7 Å². The van der Waals surface area contributed by atoms with Gasteiger partial charge in [-0.15, -0.1) is 0 Å². The molecule has 6 rings (SSSR count). The van der Waals surface area contributed by atoms with Crippen LogP contribution in [0.25, 0.3) is 49.2 Å². The summed E-state index contributed by atoms with van der Waals surface area (Å²) >= 11 is 0. The number of methoxy groups -OCH3 is 1. The highest BCUT2D eigenvalue weighted by atomic mass is 16.5. The quantitative estimate of drug-likeness (QED) is 0.0713. The Bertz CT molecular complexity index is 2160. The smallest absolute Gasteiger partial charge is 0.213 e. The largest absolute Gasteiger partial charge is 0.504 e. The first kappa shape index (κ1) is 29.5. The van der Waals surface area contributed by atoms with Crippen LogP contribution >= 0.6 is 0 Å². The number of ether oxygens (including phenoxy) is 1. The van der Waals surface area contributed by atoms with Crippen LogP contribution in [0, 0.1) is 0 Å². The molecule has 0 saturated heterocycles. The van der Waals surface area contributed by atoms with E-state index >= 15 is 0 Å². The number of phenolic OH excluding ortho intramolecular Hbond substituents is 1. The number of aliphatic hydroxyl groups excluding tert-OH is 2. The molecule has 0 bridgehead atoms. The maximum Gasteiger partial charge on any atom is 0.213 e. The Morgan fingerprint density at radius 3 is 2.07 bits per heavy atom. The van der Waals surface area contributed by atoms with Crippen LogP contribution in [0.1, 0.15) is 55.9 Å². The van der Waals surface area contributed by atoms with Crippen LogP contribution in [0.4, 0.5) is 11.4 Å². The molecule has 1 unspecified atom stereocenters. The number of nitrogens with one attached hydrogen (secondary N) is 4. The number of carbonyl (C=O) groups excluding carboxylic acids is 1. The van der Waals surface area contributed by atoms with Gasteiger partial charge in [0.05, 0.1) is 42.7 Å². The fourth-order valence-corrected chi connectivity index (χ4v) is 7.03. The number of aromatic hydroxyl groups is 1. The molecule has 228 valence electrons. The number of hydrazine groups is 2. The molecule has 0 aromatic heterocycles. The third kappa shape index (κ3) is 3.87. The molecule has 1 aliphatic carbocycles. The highest BCUT2D eigenvalue weighted by molar-refractivity contribution is 6.39. The number of rotatable bonds is 10. The predicted octanol–water partition coefficient (Wildman–Crippen LogP) is 3.56. The molecule has 11 nitrogen and oxygen atoms in total. The standard InChI is InChI=1S/C33H34N4O7/c1-6-34-36-18-9-15(11-38)21-22-16(12-39)10-19(41)25-27(22)28-23-17(30(37-35-7-2)31(42)24(18)26(21)23)8-13(3)20(14(4)40)29(28)33(44-5)32(25)43/h8-10,20,34-39,43H,6-7,11-12H2,1-5H3. The molecule has 1 aliphatic rings. The highest BCUT2D eigenvalue weighted by Gasteiger charge is 2.36. The van der Waals surface area contributed by atoms with Gasteiger partial charge in [0.15, 0.2) is 16.9 Å². The molecule has 5 aromatic carbocycles. The monoisotopic (exact) mass is 598 g/mol. The van der Waals surface area contributed by atoms with E-state index in [1.807, 2.05) is 13.8 Å². The van der Waals surface area contributed by atoms with Gasteiger partial charge in [0.2, 0.25) is 5.43 Å². The number of hydrogen-bond donors (Lipinski definition) is 7. The number of aliphatic hydroxyl groups is 2. The van der Waals surface area contributed by atoms with E-state index in [9.17, 15) is 29.7 Å². The van der Waals surface area contributed by atoms with E-state index in [1.165, 1.54) is 20.1 Å². The molecular weight excluding hydrogens is 564 g/mol. The van der Waals surface area contributed by atoms with Crippen LogP contribution in [0.2, 0.25) is 0 Å². The van der Waals surface area contributed by atoms with Gasteiger partial charge in [-0.3, -0.25) is 14.4 Å². The van der Waals surface area contributed by atoms with Crippen molar-refractivity contribution in [1.29, 1.82) is 0 Å². The van der Waals surface area contributed by atoms with Gasteiger partial charge in [-0.1, -0.05) is 25.5 Å². The summed E-state index contributed by atoms with van der Waals surface area (Å²) < 4.78 is 5.76. The lowest BCUT2D eigenvalue weighted by Crippen LogP contribution is -2.27. The summed E-state index contributed by atoms with van der Waals surface area (Å²) in [6, 6.07) is 2.93. The third-order valence-electron chi connectivity index (χ3n) is 8.60. The van der Waals surface area contributed by atoms with Crippen LogP contribution in [0.15, 0.2) is 27.3 Å². The van der Waals surface area contributed by atoms with E-state index in [2.05, 4.69) is 21.7 Å². The Hall–Kier alpha value is -4.55. The van der Waals surface area contributed by atoms with Gasteiger partial charge in [0.1, 0.15) is 11.5 Å². The molecule has 0 amide bonds. The summed E-state index contributed by atoms with van der Waals surface area (Å²) in [5, 5.41) is 35.9. The molecule has 0 spiro atoms. The second-order valence-corrected chi connectivity index (χ2v) is 11.1. The molecule has 0 aliphatic heterocycles. The van der Waals surface area contributed by atoms with Gasteiger partial charge in [0.25, 0.3) is 0 Å². The molecule has 5 aromatic rings. The summed E-state index contributed by atoms with van der Waals surface area (Å²) in [6.45, 7) is 7.08. The summed E-state index contributed by atoms with van der Waals surface area (Å²) in [5.74, 6) is -1.54. The van der Waals surface area contributed by atoms with Crippen molar-refractivity contribution in [3.8, 4) is 11.5 Å². The molecule has 11 heteroatoms. The molecule has 0 fully saturated rings. The van der Waals surface area contributed by atoms with E-state index in [-0.39, 0.29) is 33.6 Å². The molecule has 44 heavy (non-hydrogen) atoms. The Kier molecular flexibility index (Phi) is 7.29. The number of benzene rings is 5. The van der Waals surface area contributed by atoms with Crippen molar-refractivity contribution in [1.82, 2.24) is 10.9 Å². The minimum atomic E-state index is -0.887. The maximum atomic E-state index is 14.5. The van der Waals surface area contributed by atoms with Crippen LogP contribution < -0.4 is 37.3 Å². The van der Waals surface area contributed by atoms with Gasteiger partial charge >= 0.3 is 0 Å². The molecular formula is C33H34N4O7. The minimum Gasteiger partial charge on any atom is -0.504 e. The molecule has 0 heterocycles. The average Bonchev–Trinajstić information content (AvgIpc) is 3.13. The van der Waals surface area contributed by atoms with Crippen molar-refractivity contribution in [2.24, 2.45) is 0 Å². The number of ketones is 1. The Morgan fingerprint density at radius 2 is 1.48 bits per heavy atom. The first-order chi connectivity index (χ1) is 21.2. The zero-order chi connectivity index (χ0) is 31.6. The Balaban J connectivity index is 2.12. The lowest BCUT2D eigenvalue weighted by molar-refractivity contribution is -0.117. The van der Waals surface area contributed by atoms with E-state index in [4.69, 9.17) is 4.74 Å². The van der Waals surface area contributed by atoms with Crippen molar-refractivity contribution >= 4 is 66.3 Å². The lowest BCUT2D eigenvalue weighted by atomic mass is 9.79. The topological polar surface area (TPSA) is 169 Å². The highest BCUT2D eigenvalue weighted by Crippen LogP contribution is 2.55. The third-order valence-corrected chi connectivity index (χ3v) is 8.60. The second kappa shape index (κ2) is 10.9. The van der Waals surface area contributed by atoms with Gasteiger partial charge in [-0.2, -0.15) is 0 Å². The van der Waals surface area contributed by atoms with Crippen LogP contribution in [0.3, 0.4) is 0 Å². The van der Waals surface area contributed by atoms with Gasteiger partial charge in [0, 0.05) is 40.4 Å².